The Morgan fingerprint density at radius 3 is 2.64 bits per heavy atom. The number of aryl methyl sites for hydroxylation is 1. The number of hydrogen-bond donors (Lipinski definition) is 1. The van der Waals surface area contributed by atoms with Crippen molar-refractivity contribution in [2.75, 3.05) is 25.3 Å². The Balaban J connectivity index is 1.60. The van der Waals surface area contributed by atoms with E-state index in [1.807, 2.05) is 10.8 Å². The van der Waals surface area contributed by atoms with E-state index in [0.29, 0.717) is 17.2 Å². The van der Waals surface area contributed by atoms with Gasteiger partial charge in [-0.15, -0.1) is 0 Å². The molecule has 0 saturated heterocycles. The van der Waals surface area contributed by atoms with Gasteiger partial charge in [-0.3, -0.25) is 4.79 Å². The maximum Gasteiger partial charge on any atom is 0.234 e. The summed E-state index contributed by atoms with van der Waals surface area (Å²) in [7, 11) is 3.14. The molecular formula is C21H23N3O3S. The Morgan fingerprint density at radius 2 is 1.93 bits per heavy atom. The highest BCUT2D eigenvalue weighted by Crippen LogP contribution is 2.29. The quantitative estimate of drug-likeness (QED) is 0.582. The monoisotopic (exact) mass is 397 g/mol. The van der Waals surface area contributed by atoms with Crippen molar-refractivity contribution in [3.63, 3.8) is 0 Å². The summed E-state index contributed by atoms with van der Waals surface area (Å²) >= 11 is 1.40. The van der Waals surface area contributed by atoms with Crippen molar-refractivity contribution in [1.29, 1.82) is 0 Å². The van der Waals surface area contributed by atoms with Crippen molar-refractivity contribution in [2.45, 2.75) is 18.6 Å². The second kappa shape index (κ2) is 9.32. The molecule has 3 aromatic rings. The number of carbonyl (C=O) groups is 1. The van der Waals surface area contributed by atoms with Crippen LogP contribution < -0.4 is 14.8 Å². The van der Waals surface area contributed by atoms with Crippen LogP contribution in [0.15, 0.2) is 60.0 Å². The van der Waals surface area contributed by atoms with Gasteiger partial charge in [0.2, 0.25) is 5.91 Å². The molecule has 146 valence electrons. The van der Waals surface area contributed by atoms with Crippen LogP contribution in [0.1, 0.15) is 11.1 Å². The number of thioether (sulfide) groups is 1. The van der Waals surface area contributed by atoms with Gasteiger partial charge in [-0.05, 0) is 24.6 Å². The van der Waals surface area contributed by atoms with E-state index >= 15 is 0 Å². The van der Waals surface area contributed by atoms with Crippen LogP contribution in [-0.2, 0) is 11.3 Å². The van der Waals surface area contributed by atoms with Gasteiger partial charge in [0.25, 0.3) is 0 Å². The summed E-state index contributed by atoms with van der Waals surface area (Å²) < 4.78 is 12.5. The number of hydrogen-bond acceptors (Lipinski definition) is 5. The van der Waals surface area contributed by atoms with E-state index in [9.17, 15) is 4.79 Å². The molecule has 0 aliphatic heterocycles. The predicted molar refractivity (Wildman–Crippen MR) is 111 cm³/mol. The average molecular weight is 398 g/mol. The number of carbonyl (C=O) groups excluding carboxylic acids is 1. The molecule has 6 nitrogen and oxygen atoms in total. The first-order valence-electron chi connectivity index (χ1n) is 8.80. The maximum atomic E-state index is 12.4. The molecule has 1 aromatic heterocycles. The van der Waals surface area contributed by atoms with Gasteiger partial charge < -0.3 is 19.4 Å². The third kappa shape index (κ3) is 5.07. The minimum Gasteiger partial charge on any atom is -0.497 e. The Kier molecular flexibility index (Phi) is 6.60. The molecule has 1 N–H and O–H groups in total. The number of amides is 1. The van der Waals surface area contributed by atoms with Gasteiger partial charge in [-0.25, -0.2) is 4.98 Å². The van der Waals surface area contributed by atoms with Crippen molar-refractivity contribution in [1.82, 2.24) is 9.55 Å². The number of benzene rings is 2. The first kappa shape index (κ1) is 19.8. The first-order valence-corrected chi connectivity index (χ1v) is 9.79. The lowest BCUT2D eigenvalue weighted by Crippen LogP contribution is -2.15. The van der Waals surface area contributed by atoms with Crippen molar-refractivity contribution < 1.29 is 14.3 Å². The fourth-order valence-electron chi connectivity index (χ4n) is 2.66. The molecule has 0 aliphatic rings. The van der Waals surface area contributed by atoms with E-state index in [-0.39, 0.29) is 11.7 Å². The number of aromatic nitrogens is 2. The summed E-state index contributed by atoms with van der Waals surface area (Å²) in [6.45, 7) is 2.79. The number of ether oxygens (including phenoxy) is 2. The SMILES string of the molecule is COc1ccc(NC(=O)CSc2nccn2Cc2ccc(C)cc2)c(OC)c1. The van der Waals surface area contributed by atoms with Crippen LogP contribution in [0, 0.1) is 6.92 Å². The van der Waals surface area contributed by atoms with E-state index in [4.69, 9.17) is 9.47 Å². The lowest BCUT2D eigenvalue weighted by Gasteiger charge is -2.12. The van der Waals surface area contributed by atoms with Crippen LogP contribution in [0.25, 0.3) is 0 Å². The van der Waals surface area contributed by atoms with Gasteiger partial charge in [-0.2, -0.15) is 0 Å². The standard InChI is InChI=1S/C21H23N3O3S/c1-15-4-6-16(7-5-15)13-24-11-10-22-21(24)28-14-20(25)23-18-9-8-17(26-2)12-19(18)27-3/h4-12H,13-14H2,1-3H3,(H,23,25). The maximum absolute atomic E-state index is 12.4. The molecule has 0 unspecified atom stereocenters. The molecule has 7 heteroatoms. The average Bonchev–Trinajstić information content (AvgIpc) is 3.15. The van der Waals surface area contributed by atoms with Gasteiger partial charge in [0.05, 0.1) is 25.7 Å². The zero-order chi connectivity index (χ0) is 19.9. The molecule has 2 aromatic carbocycles. The Morgan fingerprint density at radius 1 is 1.14 bits per heavy atom. The summed E-state index contributed by atoms with van der Waals surface area (Å²) in [4.78, 5) is 16.8. The molecule has 0 fully saturated rings. The molecule has 0 bridgehead atoms. The summed E-state index contributed by atoms with van der Waals surface area (Å²) in [5.41, 5.74) is 3.03. The van der Waals surface area contributed by atoms with Crippen LogP contribution in [0.3, 0.4) is 0 Å². The lowest BCUT2D eigenvalue weighted by atomic mass is 10.1. The molecule has 3 rings (SSSR count). The van der Waals surface area contributed by atoms with E-state index < -0.39 is 0 Å². The van der Waals surface area contributed by atoms with Crippen LogP contribution in [0.4, 0.5) is 5.69 Å². The normalized spacial score (nSPS) is 10.5. The molecule has 0 radical (unpaired) electrons. The van der Waals surface area contributed by atoms with Crippen LogP contribution in [0.5, 0.6) is 11.5 Å². The van der Waals surface area contributed by atoms with Gasteiger partial charge >= 0.3 is 0 Å². The summed E-state index contributed by atoms with van der Waals surface area (Å²) in [6, 6.07) is 13.7. The first-order chi connectivity index (χ1) is 13.6. The third-order valence-corrected chi connectivity index (χ3v) is 5.17. The molecule has 0 saturated carbocycles. The fraction of sp³-hybridized carbons (Fsp3) is 0.238. The zero-order valence-corrected chi connectivity index (χ0v) is 17.0. The number of nitrogens with one attached hydrogen (secondary N) is 1. The second-order valence-corrected chi connectivity index (χ2v) is 7.17. The van der Waals surface area contributed by atoms with E-state index in [1.165, 1.54) is 22.9 Å². The number of nitrogens with zero attached hydrogens (tertiary/aromatic N) is 2. The van der Waals surface area contributed by atoms with Gasteiger partial charge in [0.15, 0.2) is 5.16 Å². The summed E-state index contributed by atoms with van der Waals surface area (Å²) in [5, 5.41) is 3.68. The summed E-state index contributed by atoms with van der Waals surface area (Å²) in [6.07, 6.45) is 3.67. The molecule has 0 atom stereocenters. The van der Waals surface area contributed by atoms with Crippen molar-refractivity contribution in [2.24, 2.45) is 0 Å². The number of anilines is 1. The number of imidazole rings is 1. The second-order valence-electron chi connectivity index (χ2n) is 6.23. The van der Waals surface area contributed by atoms with Gasteiger partial charge in [0, 0.05) is 25.0 Å². The van der Waals surface area contributed by atoms with Crippen molar-refractivity contribution >= 4 is 23.4 Å². The third-order valence-electron chi connectivity index (χ3n) is 4.17. The highest BCUT2D eigenvalue weighted by molar-refractivity contribution is 7.99. The number of methoxy groups -OCH3 is 2. The largest absolute Gasteiger partial charge is 0.497 e. The molecule has 28 heavy (non-hydrogen) atoms. The van der Waals surface area contributed by atoms with Crippen LogP contribution in [0.2, 0.25) is 0 Å². The van der Waals surface area contributed by atoms with E-state index in [1.54, 1.807) is 38.6 Å². The van der Waals surface area contributed by atoms with Crippen LogP contribution in [-0.4, -0.2) is 35.4 Å². The number of rotatable bonds is 8. The zero-order valence-electron chi connectivity index (χ0n) is 16.1. The van der Waals surface area contributed by atoms with Gasteiger partial charge in [0.1, 0.15) is 11.5 Å². The smallest absolute Gasteiger partial charge is 0.234 e. The highest BCUT2D eigenvalue weighted by atomic mass is 32.2. The minimum absolute atomic E-state index is 0.127. The Bertz CT molecular complexity index is 938. The summed E-state index contributed by atoms with van der Waals surface area (Å²) in [5.74, 6) is 1.35. The Hall–Kier alpha value is -2.93. The fourth-order valence-corrected chi connectivity index (χ4v) is 3.42. The van der Waals surface area contributed by atoms with E-state index in [2.05, 4.69) is 41.5 Å². The topological polar surface area (TPSA) is 65.4 Å². The molecule has 1 amide bonds. The lowest BCUT2D eigenvalue weighted by molar-refractivity contribution is -0.113. The molecular weight excluding hydrogens is 374 g/mol. The molecule has 0 spiro atoms. The van der Waals surface area contributed by atoms with Gasteiger partial charge in [-0.1, -0.05) is 41.6 Å². The van der Waals surface area contributed by atoms with E-state index in [0.717, 1.165) is 11.7 Å². The van der Waals surface area contributed by atoms with Crippen molar-refractivity contribution in [3.8, 4) is 11.5 Å². The Labute approximate surface area is 168 Å². The minimum atomic E-state index is -0.127. The van der Waals surface area contributed by atoms with Crippen molar-refractivity contribution in [3.05, 3.63) is 66.0 Å². The molecule has 1 heterocycles. The molecule has 0 aliphatic carbocycles. The highest BCUT2D eigenvalue weighted by Gasteiger charge is 2.11. The predicted octanol–water partition coefficient (Wildman–Crippen LogP) is 3.99. The van der Waals surface area contributed by atoms with Crippen LogP contribution >= 0.6 is 11.8 Å².